The van der Waals surface area contributed by atoms with Crippen LogP contribution in [0, 0.1) is 0 Å². The summed E-state index contributed by atoms with van der Waals surface area (Å²) in [6.07, 6.45) is 4.79. The van der Waals surface area contributed by atoms with E-state index in [1.54, 1.807) is 11.1 Å². The van der Waals surface area contributed by atoms with E-state index in [1.807, 2.05) is 11.8 Å². The minimum Gasteiger partial charge on any atom is -0.352 e. The van der Waals surface area contributed by atoms with Gasteiger partial charge < -0.3 is 9.80 Å². The summed E-state index contributed by atoms with van der Waals surface area (Å²) in [5.41, 5.74) is 6.00. The highest BCUT2D eigenvalue weighted by Crippen LogP contribution is 2.42. The lowest BCUT2D eigenvalue weighted by atomic mass is 9.85. The molecule has 0 atom stereocenters. The quantitative estimate of drug-likeness (QED) is 0.291. The molecule has 1 aliphatic rings. The van der Waals surface area contributed by atoms with Crippen molar-refractivity contribution >= 4 is 23.1 Å². The molecule has 1 fully saturated rings. The fourth-order valence-corrected chi connectivity index (χ4v) is 6.44. The van der Waals surface area contributed by atoms with Crippen molar-refractivity contribution < 1.29 is 0 Å². The second-order valence-corrected chi connectivity index (χ2v) is 10.5. The number of anilines is 2. The number of nitrogens with zero attached hydrogens (tertiary/aromatic N) is 2. The average Bonchev–Trinajstić information content (AvgIpc) is 3.36. The fraction of sp³-hybridized carbons (Fsp3) is 0.419. The van der Waals surface area contributed by atoms with Crippen molar-refractivity contribution in [3.05, 3.63) is 83.9 Å². The number of rotatable bonds is 10. The van der Waals surface area contributed by atoms with Crippen molar-refractivity contribution in [1.29, 1.82) is 0 Å². The fourth-order valence-electron chi connectivity index (χ4n) is 5.45. The first-order chi connectivity index (χ1) is 16.7. The van der Waals surface area contributed by atoms with Crippen LogP contribution in [0.4, 0.5) is 11.4 Å². The maximum atomic E-state index is 2.67. The van der Waals surface area contributed by atoms with Gasteiger partial charge in [0.15, 0.2) is 0 Å². The predicted molar refractivity (Wildman–Crippen MR) is 150 cm³/mol. The highest BCUT2D eigenvalue weighted by molar-refractivity contribution is 7.99. The van der Waals surface area contributed by atoms with Gasteiger partial charge in [0, 0.05) is 28.6 Å². The second kappa shape index (κ2) is 11.8. The van der Waals surface area contributed by atoms with E-state index in [0.29, 0.717) is 11.8 Å². The first-order valence-electron chi connectivity index (χ1n) is 13.1. The third-order valence-electron chi connectivity index (χ3n) is 7.42. The Morgan fingerprint density at radius 1 is 0.647 bits per heavy atom. The zero-order chi connectivity index (χ0) is 23.9. The molecule has 0 amide bonds. The molecule has 3 heteroatoms. The van der Waals surface area contributed by atoms with Gasteiger partial charge in [0.05, 0.1) is 12.4 Å². The van der Waals surface area contributed by atoms with Crippen LogP contribution in [0.2, 0.25) is 0 Å². The lowest BCUT2D eigenvalue weighted by molar-refractivity contribution is 0.620. The molecule has 0 N–H and O–H groups in total. The third-order valence-corrected chi connectivity index (χ3v) is 8.50. The largest absolute Gasteiger partial charge is 0.352 e. The van der Waals surface area contributed by atoms with Crippen LogP contribution in [0.1, 0.15) is 76.3 Å². The normalized spacial score (nSPS) is 13.9. The molecule has 3 aromatic carbocycles. The van der Waals surface area contributed by atoms with Gasteiger partial charge in [0.1, 0.15) is 0 Å². The van der Waals surface area contributed by atoms with E-state index in [9.17, 15) is 0 Å². The zero-order valence-corrected chi connectivity index (χ0v) is 22.2. The molecular weight excluding hydrogens is 432 g/mol. The van der Waals surface area contributed by atoms with E-state index < -0.39 is 0 Å². The number of hydrogen-bond donors (Lipinski definition) is 0. The molecule has 0 saturated carbocycles. The zero-order valence-electron chi connectivity index (χ0n) is 21.3. The summed E-state index contributed by atoms with van der Waals surface area (Å²) in [6.45, 7) is 12.5. The Hall–Kier alpha value is -2.39. The first-order valence-corrected chi connectivity index (χ1v) is 14.0. The Bertz CT molecular complexity index is 1010. The van der Waals surface area contributed by atoms with Crippen LogP contribution < -0.4 is 9.80 Å². The Morgan fingerprint density at radius 3 is 1.82 bits per heavy atom. The van der Waals surface area contributed by atoms with Crippen molar-refractivity contribution in [2.75, 3.05) is 29.6 Å². The predicted octanol–water partition coefficient (Wildman–Crippen LogP) is 8.93. The topological polar surface area (TPSA) is 6.48 Å². The molecule has 2 nitrogen and oxygen atoms in total. The molecule has 4 rings (SSSR count). The molecule has 1 saturated heterocycles. The number of para-hydroxylation sites is 2. The SMILES string of the molecule is CCC(CC)c1cccc(C(CC)CC)c1N1CCN(c2ccccc2Sc2ccccc2)C1. The highest BCUT2D eigenvalue weighted by Gasteiger charge is 2.28. The molecule has 0 spiro atoms. The van der Waals surface area contributed by atoms with Crippen molar-refractivity contribution in [3.8, 4) is 0 Å². The standard InChI is InChI=1S/C31H40N2S/c1-5-24(6-2)27-17-14-18-28(25(7-3)8-4)31(27)33-22-21-32(23-33)29-19-12-13-20-30(29)34-26-15-10-9-11-16-26/h9-20,24-25H,5-8,21-23H2,1-4H3. The third kappa shape index (κ3) is 5.30. The Morgan fingerprint density at radius 2 is 1.21 bits per heavy atom. The summed E-state index contributed by atoms with van der Waals surface area (Å²) in [5.74, 6) is 1.25. The van der Waals surface area contributed by atoms with Crippen LogP contribution in [0.25, 0.3) is 0 Å². The molecular formula is C31H40N2S. The van der Waals surface area contributed by atoms with Gasteiger partial charge in [0.25, 0.3) is 0 Å². The van der Waals surface area contributed by atoms with E-state index in [0.717, 1.165) is 19.8 Å². The van der Waals surface area contributed by atoms with Crippen molar-refractivity contribution in [1.82, 2.24) is 0 Å². The summed E-state index contributed by atoms with van der Waals surface area (Å²) >= 11 is 1.87. The molecule has 34 heavy (non-hydrogen) atoms. The van der Waals surface area contributed by atoms with Gasteiger partial charge in [-0.1, -0.05) is 88.0 Å². The number of hydrogen-bond acceptors (Lipinski definition) is 3. The molecule has 3 aromatic rings. The molecule has 0 aromatic heterocycles. The highest BCUT2D eigenvalue weighted by atomic mass is 32.2. The summed E-state index contributed by atoms with van der Waals surface area (Å²) in [6, 6.07) is 26.8. The van der Waals surface area contributed by atoms with Gasteiger partial charge in [-0.05, 0) is 72.9 Å². The second-order valence-electron chi connectivity index (χ2n) is 9.36. The Balaban J connectivity index is 1.66. The van der Waals surface area contributed by atoms with Gasteiger partial charge in [0.2, 0.25) is 0 Å². The van der Waals surface area contributed by atoms with Gasteiger partial charge in [-0.3, -0.25) is 0 Å². The first kappa shape index (κ1) is 24.7. The van der Waals surface area contributed by atoms with Crippen LogP contribution >= 0.6 is 11.8 Å². The van der Waals surface area contributed by atoms with Crippen LogP contribution in [0.3, 0.4) is 0 Å². The summed E-state index contributed by atoms with van der Waals surface area (Å²) in [4.78, 5) is 7.88. The molecule has 1 aliphatic heterocycles. The van der Waals surface area contributed by atoms with Crippen LogP contribution in [-0.4, -0.2) is 19.8 Å². The Labute approximate surface area is 211 Å². The number of benzene rings is 3. The summed E-state index contributed by atoms with van der Waals surface area (Å²) in [5, 5.41) is 0. The smallest absolute Gasteiger partial charge is 0.0904 e. The maximum absolute atomic E-state index is 2.67. The summed E-state index contributed by atoms with van der Waals surface area (Å²) in [7, 11) is 0. The molecule has 0 aliphatic carbocycles. The van der Waals surface area contributed by atoms with Crippen molar-refractivity contribution in [2.24, 2.45) is 0 Å². The van der Waals surface area contributed by atoms with Crippen LogP contribution in [0.15, 0.2) is 82.6 Å². The average molecular weight is 473 g/mol. The van der Waals surface area contributed by atoms with E-state index in [1.165, 1.54) is 46.8 Å². The van der Waals surface area contributed by atoms with Crippen LogP contribution in [0.5, 0.6) is 0 Å². The summed E-state index contributed by atoms with van der Waals surface area (Å²) < 4.78 is 0. The van der Waals surface area contributed by atoms with Crippen molar-refractivity contribution in [3.63, 3.8) is 0 Å². The van der Waals surface area contributed by atoms with Crippen LogP contribution in [-0.2, 0) is 0 Å². The van der Waals surface area contributed by atoms with Gasteiger partial charge in [-0.2, -0.15) is 0 Å². The molecule has 0 unspecified atom stereocenters. The van der Waals surface area contributed by atoms with E-state index in [4.69, 9.17) is 0 Å². The monoisotopic (exact) mass is 472 g/mol. The van der Waals surface area contributed by atoms with Gasteiger partial charge in [-0.25, -0.2) is 0 Å². The Kier molecular flexibility index (Phi) is 8.61. The molecule has 0 radical (unpaired) electrons. The minimum absolute atomic E-state index is 0.624. The molecule has 180 valence electrons. The lowest BCUT2D eigenvalue weighted by Gasteiger charge is -2.31. The lowest BCUT2D eigenvalue weighted by Crippen LogP contribution is -2.27. The van der Waals surface area contributed by atoms with Gasteiger partial charge >= 0.3 is 0 Å². The van der Waals surface area contributed by atoms with Crippen molar-refractivity contribution in [2.45, 2.75) is 75.0 Å². The molecule has 0 bridgehead atoms. The van der Waals surface area contributed by atoms with E-state index in [-0.39, 0.29) is 0 Å². The van der Waals surface area contributed by atoms with Gasteiger partial charge in [-0.15, -0.1) is 0 Å². The van der Waals surface area contributed by atoms with E-state index >= 15 is 0 Å². The minimum atomic E-state index is 0.624. The maximum Gasteiger partial charge on any atom is 0.0904 e. The molecule has 1 heterocycles. The van der Waals surface area contributed by atoms with E-state index in [2.05, 4.69) is 110 Å².